The van der Waals surface area contributed by atoms with E-state index in [4.69, 9.17) is 0 Å². The monoisotopic (exact) mass is 406 g/mol. The van der Waals surface area contributed by atoms with Crippen LogP contribution in [-0.2, 0) is 12.6 Å². The molecule has 0 aliphatic carbocycles. The van der Waals surface area contributed by atoms with Crippen molar-refractivity contribution in [1.29, 1.82) is 0 Å². The summed E-state index contributed by atoms with van der Waals surface area (Å²) in [5, 5.41) is 14.1. The first-order valence-corrected chi connectivity index (χ1v) is 9.23. The molecule has 0 radical (unpaired) electrons. The molecule has 0 saturated carbocycles. The second kappa shape index (κ2) is 7.18. The third kappa shape index (κ3) is 3.98. The summed E-state index contributed by atoms with van der Waals surface area (Å²) in [4.78, 5) is 21.8. The Morgan fingerprint density at radius 3 is 2.72 bits per heavy atom. The fourth-order valence-electron chi connectivity index (χ4n) is 3.95. The van der Waals surface area contributed by atoms with Crippen LogP contribution >= 0.6 is 0 Å². The molecule has 1 atom stereocenters. The van der Waals surface area contributed by atoms with Gasteiger partial charge in [-0.1, -0.05) is 6.07 Å². The highest BCUT2D eigenvalue weighted by molar-refractivity contribution is 5.63. The number of carboxylic acid groups (broad SMARTS) is 1. The lowest BCUT2D eigenvalue weighted by atomic mass is 9.90. The van der Waals surface area contributed by atoms with E-state index in [2.05, 4.69) is 20.2 Å². The number of piperazine rings is 1. The first-order valence-electron chi connectivity index (χ1n) is 9.23. The predicted octanol–water partition coefficient (Wildman–Crippen LogP) is 2.11. The Labute approximate surface area is 165 Å². The molecule has 154 valence electrons. The van der Waals surface area contributed by atoms with Crippen LogP contribution in [0.4, 0.5) is 29.5 Å². The number of amides is 1. The minimum absolute atomic E-state index is 0.0439. The van der Waals surface area contributed by atoms with Gasteiger partial charge in [-0.15, -0.1) is 0 Å². The van der Waals surface area contributed by atoms with E-state index in [0.717, 1.165) is 24.1 Å². The number of hydrogen-bond donors (Lipinski definition) is 1. The summed E-state index contributed by atoms with van der Waals surface area (Å²) in [5.74, 6) is -1.11. The second-order valence-corrected chi connectivity index (χ2v) is 7.27. The lowest BCUT2D eigenvalue weighted by Crippen LogP contribution is -2.55. The average Bonchev–Trinajstić information content (AvgIpc) is 2.66. The van der Waals surface area contributed by atoms with E-state index in [-0.39, 0.29) is 17.6 Å². The van der Waals surface area contributed by atoms with E-state index < -0.39 is 18.1 Å². The maximum atomic E-state index is 13.0. The third-order valence-corrected chi connectivity index (χ3v) is 5.30. The van der Waals surface area contributed by atoms with Gasteiger partial charge < -0.3 is 20.1 Å². The Bertz CT molecular complexity index is 950. The highest BCUT2D eigenvalue weighted by atomic mass is 19.4. The molecule has 0 spiro atoms. The van der Waals surface area contributed by atoms with Crippen LogP contribution in [0.15, 0.2) is 24.3 Å². The summed E-state index contributed by atoms with van der Waals surface area (Å²) in [6.45, 7) is 3.71. The van der Waals surface area contributed by atoms with Crippen molar-refractivity contribution in [3.05, 3.63) is 46.9 Å². The van der Waals surface area contributed by atoms with Crippen molar-refractivity contribution in [2.75, 3.05) is 31.5 Å². The van der Waals surface area contributed by atoms with Gasteiger partial charge in [-0.2, -0.15) is 13.2 Å². The van der Waals surface area contributed by atoms with Crippen LogP contribution in [0.1, 0.15) is 28.7 Å². The van der Waals surface area contributed by atoms with Gasteiger partial charge in [0.1, 0.15) is 11.9 Å². The number of hydrogen-bond acceptors (Lipinski definition) is 6. The number of aromatic nitrogens is 2. The molecule has 0 bridgehead atoms. The molecular weight excluding hydrogens is 387 g/mol. The summed E-state index contributed by atoms with van der Waals surface area (Å²) >= 11 is 0. The van der Waals surface area contributed by atoms with E-state index in [1.165, 1.54) is 17.9 Å². The number of rotatable bonds is 2. The molecule has 7 nitrogen and oxygen atoms in total. The molecule has 2 aliphatic rings. The number of nitrogens with zero attached hydrogens (tertiary/aromatic N) is 4. The fourth-order valence-corrected chi connectivity index (χ4v) is 3.95. The molecule has 1 fully saturated rings. The molecular formula is C19H19F3N5O2-. The topological polar surface area (TPSA) is 84.4 Å². The van der Waals surface area contributed by atoms with Crippen molar-refractivity contribution in [2.45, 2.75) is 25.6 Å². The van der Waals surface area contributed by atoms with Gasteiger partial charge in [-0.3, -0.25) is 4.90 Å². The first kappa shape index (κ1) is 19.4. The van der Waals surface area contributed by atoms with Gasteiger partial charge in [-0.05, 0) is 36.6 Å². The van der Waals surface area contributed by atoms with Crippen molar-refractivity contribution >= 4 is 17.6 Å². The van der Waals surface area contributed by atoms with Gasteiger partial charge in [0.2, 0.25) is 5.82 Å². The van der Waals surface area contributed by atoms with Gasteiger partial charge >= 0.3 is 6.18 Å². The van der Waals surface area contributed by atoms with Crippen molar-refractivity contribution in [3.63, 3.8) is 0 Å². The molecule has 1 N–H and O–H groups in total. The maximum absolute atomic E-state index is 13.0. The summed E-state index contributed by atoms with van der Waals surface area (Å²) < 4.78 is 38.9. The quantitative estimate of drug-likeness (QED) is 0.823. The fraction of sp³-hybridized carbons (Fsp3) is 0.421. The normalized spacial score (nSPS) is 19.4. The van der Waals surface area contributed by atoms with E-state index in [1.807, 2.05) is 12.1 Å². The molecule has 1 saturated heterocycles. The summed E-state index contributed by atoms with van der Waals surface area (Å²) in [5.41, 5.74) is 2.91. The van der Waals surface area contributed by atoms with Crippen LogP contribution in [0.5, 0.6) is 0 Å². The molecule has 4 rings (SSSR count). The minimum Gasteiger partial charge on any atom is -0.530 e. The molecule has 1 aromatic carbocycles. The highest BCUT2D eigenvalue weighted by Gasteiger charge is 2.35. The predicted molar refractivity (Wildman–Crippen MR) is 96.5 cm³/mol. The van der Waals surface area contributed by atoms with Crippen LogP contribution in [0, 0.1) is 6.92 Å². The van der Waals surface area contributed by atoms with Crippen LogP contribution in [0.25, 0.3) is 0 Å². The van der Waals surface area contributed by atoms with Gasteiger partial charge in [0.25, 0.3) is 0 Å². The molecule has 1 amide bonds. The summed E-state index contributed by atoms with van der Waals surface area (Å²) in [6.07, 6.45) is -5.01. The van der Waals surface area contributed by atoms with Crippen LogP contribution in [0.2, 0.25) is 0 Å². The van der Waals surface area contributed by atoms with Crippen molar-refractivity contribution < 1.29 is 23.1 Å². The van der Waals surface area contributed by atoms with Crippen LogP contribution in [0.3, 0.4) is 0 Å². The van der Waals surface area contributed by atoms with Gasteiger partial charge in [-0.25, -0.2) is 9.97 Å². The summed E-state index contributed by atoms with van der Waals surface area (Å²) in [6, 6.07) is 6.96. The molecule has 29 heavy (non-hydrogen) atoms. The number of alkyl halides is 3. The second-order valence-electron chi connectivity index (χ2n) is 7.27. The zero-order valence-electron chi connectivity index (χ0n) is 15.7. The van der Waals surface area contributed by atoms with E-state index in [1.54, 1.807) is 6.07 Å². The molecule has 3 heterocycles. The van der Waals surface area contributed by atoms with Crippen molar-refractivity contribution in [2.24, 2.45) is 0 Å². The van der Waals surface area contributed by atoms with E-state index in [9.17, 15) is 23.1 Å². The molecule has 10 heteroatoms. The van der Waals surface area contributed by atoms with E-state index >= 15 is 0 Å². The third-order valence-electron chi connectivity index (χ3n) is 5.30. The summed E-state index contributed by atoms with van der Waals surface area (Å²) in [7, 11) is 0. The number of halogens is 3. The van der Waals surface area contributed by atoms with E-state index in [0.29, 0.717) is 25.3 Å². The molecule has 1 aromatic heterocycles. The lowest BCUT2D eigenvalue weighted by molar-refractivity contribution is -0.268. The number of carbonyl (C=O) groups excluding carboxylic acids is 1. The zero-order chi connectivity index (χ0) is 20.8. The number of fused-ring (bicyclic) bond motifs is 3. The SMILES string of the molecule is Cc1cc(Nc2ccc3c(c2)CCN2CCN(C(=O)[O-])C[C@@H]32)nc(C(F)(F)F)n1. The zero-order valence-corrected chi connectivity index (χ0v) is 15.7. The average molecular weight is 406 g/mol. The smallest absolute Gasteiger partial charge is 0.451 e. The maximum Gasteiger partial charge on any atom is 0.451 e. The number of anilines is 2. The van der Waals surface area contributed by atoms with Crippen molar-refractivity contribution in [3.8, 4) is 0 Å². The lowest BCUT2D eigenvalue weighted by Gasteiger charge is -2.45. The minimum atomic E-state index is -4.62. The van der Waals surface area contributed by atoms with Gasteiger partial charge in [0.05, 0.1) is 6.04 Å². The standard InChI is InChI=1S/C19H20F3N5O2/c1-11-8-16(25-17(23-11)19(20,21)22)24-13-2-3-14-12(9-13)4-5-26-6-7-27(18(28)29)10-15(14)26/h2-3,8-9,15H,4-7,10H2,1H3,(H,28,29)(H,23,24,25)/p-1/t15-/m0/s1. The Balaban J connectivity index is 1.58. The number of benzene rings is 1. The highest BCUT2D eigenvalue weighted by Crippen LogP contribution is 2.34. The van der Waals surface area contributed by atoms with Gasteiger partial charge in [0.15, 0.2) is 0 Å². The Hall–Kier alpha value is -2.88. The van der Waals surface area contributed by atoms with Crippen molar-refractivity contribution in [1.82, 2.24) is 19.8 Å². The number of carbonyl (C=O) groups is 1. The number of nitrogens with one attached hydrogen (secondary N) is 1. The number of aryl methyl sites for hydroxylation is 1. The van der Waals surface area contributed by atoms with Gasteiger partial charge in [0, 0.05) is 43.6 Å². The van der Waals surface area contributed by atoms with Crippen LogP contribution in [-0.4, -0.2) is 52.0 Å². The molecule has 2 aromatic rings. The first-order chi connectivity index (χ1) is 13.7. The Morgan fingerprint density at radius 1 is 1.21 bits per heavy atom. The molecule has 0 unspecified atom stereocenters. The Kier molecular flexibility index (Phi) is 4.81. The molecule has 2 aliphatic heterocycles. The van der Waals surface area contributed by atoms with Crippen LogP contribution < -0.4 is 10.4 Å². The Morgan fingerprint density at radius 2 is 2.00 bits per heavy atom. The largest absolute Gasteiger partial charge is 0.530 e.